The first-order chi connectivity index (χ1) is 12.0. The first kappa shape index (κ1) is 16.2. The molecule has 0 saturated carbocycles. The number of hydrogen-bond donors (Lipinski definition) is 1. The Morgan fingerprint density at radius 3 is 2.64 bits per heavy atom. The number of benzene rings is 2. The van der Waals surface area contributed by atoms with E-state index in [-0.39, 0.29) is 23.0 Å². The van der Waals surface area contributed by atoms with Gasteiger partial charge in [-0.1, -0.05) is 17.2 Å². The third-order valence-corrected chi connectivity index (χ3v) is 3.15. The van der Waals surface area contributed by atoms with Crippen LogP contribution in [0, 0.1) is 21.7 Å². The molecule has 0 aliphatic carbocycles. The van der Waals surface area contributed by atoms with Crippen LogP contribution in [0.15, 0.2) is 46.9 Å². The smallest absolute Gasteiger partial charge is 0.322 e. The van der Waals surface area contributed by atoms with Crippen molar-refractivity contribution < 1.29 is 22.9 Å². The summed E-state index contributed by atoms with van der Waals surface area (Å²) in [5.41, 5.74) is -0.760. The largest absolute Gasteiger partial charge is 0.403 e. The number of hydrogen-bond acceptors (Lipinski definition) is 6. The van der Waals surface area contributed by atoms with Crippen molar-refractivity contribution in [2.45, 2.75) is 0 Å². The van der Waals surface area contributed by atoms with E-state index in [1.54, 1.807) is 0 Å². The lowest BCUT2D eigenvalue weighted by Gasteiger charge is -2.01. The molecule has 1 amide bonds. The van der Waals surface area contributed by atoms with E-state index in [0.29, 0.717) is 6.07 Å². The van der Waals surface area contributed by atoms with E-state index in [1.807, 2.05) is 0 Å². The van der Waals surface area contributed by atoms with Crippen LogP contribution in [0.2, 0.25) is 0 Å². The summed E-state index contributed by atoms with van der Waals surface area (Å²) in [6, 6.07) is 7.66. The maximum atomic E-state index is 13.7. The van der Waals surface area contributed by atoms with Crippen molar-refractivity contribution in [1.29, 1.82) is 0 Å². The van der Waals surface area contributed by atoms with Gasteiger partial charge in [-0.25, -0.2) is 8.78 Å². The number of carbonyl (C=O) groups is 1. The molecule has 1 aromatic heterocycles. The fourth-order valence-electron chi connectivity index (χ4n) is 2.03. The molecule has 0 aliphatic rings. The maximum Gasteiger partial charge on any atom is 0.322 e. The Labute approximate surface area is 138 Å². The minimum atomic E-state index is -0.916. The van der Waals surface area contributed by atoms with Gasteiger partial charge in [0.05, 0.1) is 10.5 Å². The number of carbonyl (C=O) groups excluding carboxylic acids is 1. The Morgan fingerprint density at radius 1 is 1.16 bits per heavy atom. The first-order valence-corrected chi connectivity index (χ1v) is 6.79. The van der Waals surface area contributed by atoms with E-state index in [1.165, 1.54) is 24.3 Å². The number of amides is 1. The van der Waals surface area contributed by atoms with Gasteiger partial charge in [-0.2, -0.15) is 0 Å². The van der Waals surface area contributed by atoms with Gasteiger partial charge < -0.3 is 4.42 Å². The summed E-state index contributed by atoms with van der Waals surface area (Å²) >= 11 is 0. The van der Waals surface area contributed by atoms with Crippen LogP contribution in [0.25, 0.3) is 11.5 Å². The van der Waals surface area contributed by atoms with E-state index in [2.05, 4.69) is 15.5 Å². The minimum absolute atomic E-state index is 0.153. The number of nitrogens with zero attached hydrogens (tertiary/aromatic N) is 3. The van der Waals surface area contributed by atoms with Gasteiger partial charge >= 0.3 is 6.01 Å². The van der Waals surface area contributed by atoms with Crippen LogP contribution < -0.4 is 5.32 Å². The van der Waals surface area contributed by atoms with E-state index in [9.17, 15) is 23.7 Å². The molecular formula is C15H8F2N4O4. The highest BCUT2D eigenvalue weighted by Gasteiger charge is 2.21. The first-order valence-electron chi connectivity index (χ1n) is 6.79. The van der Waals surface area contributed by atoms with Gasteiger partial charge in [-0.3, -0.25) is 20.2 Å². The van der Waals surface area contributed by atoms with Crippen LogP contribution in [0.5, 0.6) is 0 Å². The molecule has 0 saturated heterocycles. The Kier molecular flexibility index (Phi) is 4.16. The second-order valence-corrected chi connectivity index (χ2v) is 4.76. The maximum absolute atomic E-state index is 13.7. The highest BCUT2D eigenvalue weighted by atomic mass is 19.1. The van der Waals surface area contributed by atoms with Gasteiger partial charge in [0.1, 0.15) is 17.2 Å². The van der Waals surface area contributed by atoms with Gasteiger partial charge in [0, 0.05) is 12.1 Å². The molecule has 1 heterocycles. The van der Waals surface area contributed by atoms with Gasteiger partial charge in [0.2, 0.25) is 0 Å². The van der Waals surface area contributed by atoms with Gasteiger partial charge in [0.15, 0.2) is 0 Å². The molecule has 2 aromatic carbocycles. The molecule has 0 radical (unpaired) electrons. The molecule has 0 spiro atoms. The van der Waals surface area contributed by atoms with Crippen molar-refractivity contribution in [3.05, 3.63) is 69.8 Å². The standard InChI is InChI=1S/C15H8F2N4O4/c16-8-5-6-9(11(17)7-8)14-19-20-15(25-14)18-13(22)10-3-1-2-4-12(10)21(23)24/h1-7H,(H,18,20,22). The number of aromatic nitrogens is 2. The number of nitrogens with one attached hydrogen (secondary N) is 1. The summed E-state index contributed by atoms with van der Waals surface area (Å²) in [6.45, 7) is 0. The van der Waals surface area contributed by atoms with E-state index >= 15 is 0 Å². The van der Waals surface area contributed by atoms with Gasteiger partial charge in [0.25, 0.3) is 17.5 Å². The number of halogens is 2. The molecule has 1 N–H and O–H groups in total. The van der Waals surface area contributed by atoms with Crippen molar-refractivity contribution in [2.24, 2.45) is 0 Å². The predicted molar refractivity (Wildman–Crippen MR) is 80.7 cm³/mol. The number of rotatable bonds is 4. The second kappa shape index (κ2) is 6.43. The molecule has 10 heteroatoms. The minimum Gasteiger partial charge on any atom is -0.403 e. The molecular weight excluding hydrogens is 338 g/mol. The zero-order valence-corrected chi connectivity index (χ0v) is 12.3. The number of anilines is 1. The highest BCUT2D eigenvalue weighted by Crippen LogP contribution is 2.24. The number of nitro groups is 1. The summed E-state index contributed by atoms with van der Waals surface area (Å²) in [7, 11) is 0. The Bertz CT molecular complexity index is 974. The average Bonchev–Trinajstić information content (AvgIpc) is 3.02. The van der Waals surface area contributed by atoms with Crippen molar-refractivity contribution in [2.75, 3.05) is 5.32 Å². The van der Waals surface area contributed by atoms with Crippen molar-refractivity contribution in [3.63, 3.8) is 0 Å². The zero-order valence-electron chi connectivity index (χ0n) is 12.3. The van der Waals surface area contributed by atoms with E-state index in [0.717, 1.165) is 12.1 Å². The molecule has 0 unspecified atom stereocenters. The fourth-order valence-corrected chi connectivity index (χ4v) is 2.03. The molecule has 0 fully saturated rings. The summed E-state index contributed by atoms with van der Waals surface area (Å²) in [4.78, 5) is 22.4. The molecule has 25 heavy (non-hydrogen) atoms. The molecule has 0 atom stereocenters. The highest BCUT2D eigenvalue weighted by molar-refractivity contribution is 6.06. The van der Waals surface area contributed by atoms with E-state index < -0.39 is 28.2 Å². The van der Waals surface area contributed by atoms with Crippen molar-refractivity contribution in [1.82, 2.24) is 10.2 Å². The monoisotopic (exact) mass is 346 g/mol. The van der Waals surface area contributed by atoms with Crippen LogP contribution in [-0.2, 0) is 0 Å². The SMILES string of the molecule is O=C(Nc1nnc(-c2ccc(F)cc2F)o1)c1ccccc1[N+](=O)[O-]. The van der Waals surface area contributed by atoms with Crippen LogP contribution in [0.3, 0.4) is 0 Å². The quantitative estimate of drug-likeness (QED) is 0.574. The topological polar surface area (TPSA) is 111 Å². The predicted octanol–water partition coefficient (Wildman–Crippen LogP) is 3.18. The lowest BCUT2D eigenvalue weighted by molar-refractivity contribution is -0.385. The lowest BCUT2D eigenvalue weighted by atomic mass is 10.1. The summed E-state index contributed by atoms with van der Waals surface area (Å²) in [5.74, 6) is -2.82. The lowest BCUT2D eigenvalue weighted by Crippen LogP contribution is -2.14. The Morgan fingerprint density at radius 2 is 1.92 bits per heavy atom. The second-order valence-electron chi connectivity index (χ2n) is 4.76. The van der Waals surface area contributed by atoms with Crippen molar-refractivity contribution in [3.8, 4) is 11.5 Å². The third kappa shape index (κ3) is 3.32. The molecule has 126 valence electrons. The average molecular weight is 346 g/mol. The third-order valence-electron chi connectivity index (χ3n) is 3.15. The number of para-hydroxylation sites is 1. The summed E-state index contributed by atoms with van der Waals surface area (Å²) < 4.78 is 31.7. The fraction of sp³-hybridized carbons (Fsp3) is 0. The summed E-state index contributed by atoms with van der Waals surface area (Å²) in [6.07, 6.45) is 0. The van der Waals surface area contributed by atoms with Crippen LogP contribution in [0.4, 0.5) is 20.5 Å². The summed E-state index contributed by atoms with van der Waals surface area (Å²) in [5, 5.41) is 20.2. The zero-order chi connectivity index (χ0) is 18.0. The molecule has 0 aliphatic heterocycles. The molecule has 8 nitrogen and oxygen atoms in total. The Hall–Kier alpha value is -3.69. The van der Waals surface area contributed by atoms with Gasteiger partial charge in [-0.15, -0.1) is 5.10 Å². The van der Waals surface area contributed by atoms with Crippen LogP contribution in [-0.4, -0.2) is 21.0 Å². The molecule has 3 aromatic rings. The van der Waals surface area contributed by atoms with Crippen LogP contribution >= 0.6 is 0 Å². The van der Waals surface area contributed by atoms with Crippen molar-refractivity contribution >= 4 is 17.6 Å². The van der Waals surface area contributed by atoms with E-state index in [4.69, 9.17) is 4.42 Å². The molecule has 0 bridgehead atoms. The Balaban J connectivity index is 1.84. The van der Waals surface area contributed by atoms with Crippen LogP contribution in [0.1, 0.15) is 10.4 Å². The molecule has 3 rings (SSSR count). The number of nitro benzene ring substituents is 1. The normalized spacial score (nSPS) is 10.5. The van der Waals surface area contributed by atoms with Gasteiger partial charge in [-0.05, 0) is 18.2 Å².